The summed E-state index contributed by atoms with van der Waals surface area (Å²) in [5.41, 5.74) is 2.47. The molecule has 7 nitrogen and oxygen atoms in total. The van der Waals surface area contributed by atoms with Crippen molar-refractivity contribution in [1.29, 1.82) is 0 Å². The Labute approximate surface area is 185 Å². The van der Waals surface area contributed by atoms with Crippen LogP contribution in [-0.2, 0) is 16.6 Å². The molecule has 1 unspecified atom stereocenters. The van der Waals surface area contributed by atoms with E-state index in [1.165, 1.54) is 6.07 Å². The summed E-state index contributed by atoms with van der Waals surface area (Å²) < 4.78 is 47.8. The van der Waals surface area contributed by atoms with Crippen LogP contribution in [0.4, 0.5) is 10.1 Å². The molecule has 32 heavy (non-hydrogen) atoms. The average Bonchev–Trinajstić information content (AvgIpc) is 3.36. The predicted octanol–water partition coefficient (Wildman–Crippen LogP) is 3.14. The zero-order valence-corrected chi connectivity index (χ0v) is 18.2. The normalized spacial score (nSPS) is 15.4. The van der Waals surface area contributed by atoms with Crippen LogP contribution in [0.3, 0.4) is 0 Å². The number of aliphatic hydroxyl groups excluding tert-OH is 1. The highest BCUT2D eigenvalue weighted by Gasteiger charge is 2.30. The molecule has 4 rings (SSSR count). The summed E-state index contributed by atoms with van der Waals surface area (Å²) >= 11 is 0. The van der Waals surface area contributed by atoms with Gasteiger partial charge in [0.15, 0.2) is 0 Å². The lowest BCUT2D eigenvalue weighted by atomic mass is 9.94. The summed E-state index contributed by atoms with van der Waals surface area (Å²) in [6.07, 6.45) is 0.631. The van der Waals surface area contributed by atoms with E-state index in [1.54, 1.807) is 43.5 Å². The Morgan fingerprint density at radius 3 is 2.59 bits per heavy atom. The Balaban J connectivity index is 1.58. The number of carbonyl (C=O) groups excluding carboxylic acids is 1. The SMILES string of the molecule is COc1ccc(C(=O)c2ccc3n2CCC3c2ccc(NS(=O)(=O)CCO)cc2F)cc1. The van der Waals surface area contributed by atoms with Gasteiger partial charge < -0.3 is 14.4 Å². The number of carbonyl (C=O) groups is 1. The number of aliphatic hydroxyl groups is 1. The van der Waals surface area contributed by atoms with Crippen molar-refractivity contribution in [2.24, 2.45) is 0 Å². The van der Waals surface area contributed by atoms with Gasteiger partial charge in [-0.1, -0.05) is 6.07 Å². The van der Waals surface area contributed by atoms with E-state index < -0.39 is 28.2 Å². The van der Waals surface area contributed by atoms with Gasteiger partial charge in [0.05, 0.1) is 30.9 Å². The number of ether oxygens (including phenoxy) is 1. The summed E-state index contributed by atoms with van der Waals surface area (Å²) in [6, 6.07) is 14.7. The second-order valence-corrected chi connectivity index (χ2v) is 9.42. The van der Waals surface area contributed by atoms with Gasteiger partial charge in [0.25, 0.3) is 0 Å². The smallest absolute Gasteiger partial charge is 0.234 e. The molecule has 0 fully saturated rings. The zero-order valence-electron chi connectivity index (χ0n) is 17.4. The summed E-state index contributed by atoms with van der Waals surface area (Å²) in [5, 5.41) is 8.83. The van der Waals surface area contributed by atoms with Gasteiger partial charge in [-0.15, -0.1) is 0 Å². The predicted molar refractivity (Wildman–Crippen MR) is 118 cm³/mol. The highest BCUT2D eigenvalue weighted by molar-refractivity contribution is 7.92. The van der Waals surface area contributed by atoms with Crippen molar-refractivity contribution < 1.29 is 27.4 Å². The van der Waals surface area contributed by atoms with Gasteiger partial charge in [0.2, 0.25) is 15.8 Å². The van der Waals surface area contributed by atoms with E-state index >= 15 is 0 Å². The number of hydrogen-bond donors (Lipinski definition) is 2. The standard InChI is InChI=1S/C23H23FN2O5S/c1-31-17-5-2-15(3-6-17)23(28)22-9-8-21-19(10-11-26(21)22)18-7-4-16(14-20(18)24)25-32(29,30)13-12-27/h2-9,14,19,25,27H,10-13H2,1H3. The Morgan fingerprint density at radius 1 is 1.19 bits per heavy atom. The maximum Gasteiger partial charge on any atom is 0.234 e. The molecule has 0 radical (unpaired) electrons. The maximum atomic E-state index is 14.9. The second kappa shape index (κ2) is 8.76. The molecule has 168 valence electrons. The number of aromatic nitrogens is 1. The molecule has 0 aliphatic carbocycles. The number of ketones is 1. The molecule has 2 heterocycles. The van der Waals surface area contributed by atoms with Crippen LogP contribution in [0.25, 0.3) is 0 Å². The van der Waals surface area contributed by atoms with Crippen LogP contribution < -0.4 is 9.46 Å². The lowest BCUT2D eigenvalue weighted by molar-refractivity contribution is 0.103. The van der Waals surface area contributed by atoms with E-state index in [1.807, 2.05) is 10.6 Å². The molecule has 0 bridgehead atoms. The minimum Gasteiger partial charge on any atom is -0.497 e. The Kier molecular flexibility index (Phi) is 6.03. The molecule has 9 heteroatoms. The first-order chi connectivity index (χ1) is 15.3. The molecule has 1 atom stereocenters. The summed E-state index contributed by atoms with van der Waals surface area (Å²) in [7, 11) is -2.17. The van der Waals surface area contributed by atoms with Crippen molar-refractivity contribution in [3.05, 3.63) is 82.9 Å². The lowest BCUT2D eigenvalue weighted by Gasteiger charge is -2.13. The Morgan fingerprint density at radius 2 is 1.94 bits per heavy atom. The van der Waals surface area contributed by atoms with Gasteiger partial charge in [0, 0.05) is 23.7 Å². The fourth-order valence-electron chi connectivity index (χ4n) is 4.07. The van der Waals surface area contributed by atoms with Crippen LogP contribution in [0, 0.1) is 5.82 Å². The number of nitrogens with zero attached hydrogens (tertiary/aromatic N) is 1. The molecule has 0 amide bonds. The molecule has 1 aliphatic rings. The van der Waals surface area contributed by atoms with Gasteiger partial charge in [-0.25, -0.2) is 12.8 Å². The van der Waals surface area contributed by atoms with E-state index in [-0.39, 0.29) is 17.4 Å². The number of hydrogen-bond acceptors (Lipinski definition) is 5. The van der Waals surface area contributed by atoms with Crippen molar-refractivity contribution in [1.82, 2.24) is 4.57 Å². The number of methoxy groups -OCH3 is 1. The van der Waals surface area contributed by atoms with E-state index in [2.05, 4.69) is 4.72 Å². The highest BCUT2D eigenvalue weighted by Crippen LogP contribution is 2.38. The number of nitrogens with one attached hydrogen (secondary N) is 1. The van der Waals surface area contributed by atoms with Gasteiger partial charge in [-0.2, -0.15) is 0 Å². The van der Waals surface area contributed by atoms with E-state index in [9.17, 15) is 17.6 Å². The number of fused-ring (bicyclic) bond motifs is 1. The van der Waals surface area contributed by atoms with E-state index in [4.69, 9.17) is 9.84 Å². The largest absolute Gasteiger partial charge is 0.497 e. The van der Waals surface area contributed by atoms with Crippen molar-refractivity contribution >= 4 is 21.5 Å². The number of halogens is 1. The van der Waals surface area contributed by atoms with E-state index in [0.717, 1.165) is 11.8 Å². The van der Waals surface area contributed by atoms with Gasteiger partial charge >= 0.3 is 0 Å². The van der Waals surface area contributed by atoms with Gasteiger partial charge in [-0.05, 0) is 60.5 Å². The molecule has 0 saturated heterocycles. The van der Waals surface area contributed by atoms with Crippen LogP contribution in [0.5, 0.6) is 5.75 Å². The Hall–Kier alpha value is -3.17. The van der Waals surface area contributed by atoms with Crippen LogP contribution in [0.15, 0.2) is 54.6 Å². The lowest BCUT2D eigenvalue weighted by Crippen LogP contribution is -2.19. The van der Waals surface area contributed by atoms with Gasteiger partial charge in [-0.3, -0.25) is 9.52 Å². The number of rotatable bonds is 8. The van der Waals surface area contributed by atoms with Crippen LogP contribution in [0.2, 0.25) is 0 Å². The molecule has 2 N–H and O–H groups in total. The fourth-order valence-corrected chi connectivity index (χ4v) is 4.90. The molecule has 1 aromatic heterocycles. The number of benzene rings is 2. The quantitative estimate of drug-likeness (QED) is 0.506. The van der Waals surface area contributed by atoms with Crippen molar-refractivity contribution in [3.63, 3.8) is 0 Å². The van der Waals surface area contributed by atoms with Crippen LogP contribution in [-0.4, -0.2) is 43.3 Å². The minimum atomic E-state index is -3.74. The zero-order chi connectivity index (χ0) is 22.9. The molecule has 1 aliphatic heterocycles. The third kappa shape index (κ3) is 4.26. The molecular weight excluding hydrogens is 435 g/mol. The summed E-state index contributed by atoms with van der Waals surface area (Å²) in [4.78, 5) is 13.0. The fraction of sp³-hybridized carbons (Fsp3) is 0.261. The highest BCUT2D eigenvalue weighted by atomic mass is 32.2. The van der Waals surface area contributed by atoms with Gasteiger partial charge in [0.1, 0.15) is 11.6 Å². The third-order valence-corrected chi connectivity index (χ3v) is 6.87. The molecule has 3 aromatic rings. The number of sulfonamides is 1. The van der Waals surface area contributed by atoms with Crippen molar-refractivity contribution in [2.75, 3.05) is 24.2 Å². The van der Waals surface area contributed by atoms with Crippen molar-refractivity contribution in [2.45, 2.75) is 18.9 Å². The molecule has 0 spiro atoms. The average molecular weight is 459 g/mol. The Bertz CT molecular complexity index is 1250. The number of anilines is 1. The summed E-state index contributed by atoms with van der Waals surface area (Å²) in [6.45, 7) is 0.0566. The summed E-state index contributed by atoms with van der Waals surface area (Å²) in [5.74, 6) is -0.682. The molecular formula is C23H23FN2O5S. The third-order valence-electron chi connectivity index (χ3n) is 5.61. The maximum absolute atomic E-state index is 14.9. The van der Waals surface area contributed by atoms with Crippen LogP contribution >= 0.6 is 0 Å². The van der Waals surface area contributed by atoms with Crippen LogP contribution in [0.1, 0.15) is 39.6 Å². The monoisotopic (exact) mass is 458 g/mol. The first kappa shape index (κ1) is 22.0. The molecule has 0 saturated carbocycles. The minimum absolute atomic E-state index is 0.100. The first-order valence-electron chi connectivity index (χ1n) is 10.1. The van der Waals surface area contributed by atoms with E-state index in [0.29, 0.717) is 35.5 Å². The first-order valence-corrected chi connectivity index (χ1v) is 11.8. The molecule has 2 aromatic carbocycles. The topological polar surface area (TPSA) is 97.6 Å². The second-order valence-electron chi connectivity index (χ2n) is 7.57. The van der Waals surface area contributed by atoms with Crippen molar-refractivity contribution in [3.8, 4) is 5.75 Å².